The average molecular weight is 314 g/mol. The molecule has 0 bridgehead atoms. The van der Waals surface area contributed by atoms with Crippen molar-refractivity contribution in [3.8, 4) is 0 Å². The van der Waals surface area contributed by atoms with Crippen LogP contribution in [0.1, 0.15) is 18.2 Å². The van der Waals surface area contributed by atoms with Crippen LogP contribution in [-0.4, -0.2) is 36.0 Å². The molecule has 0 unspecified atom stereocenters. The van der Waals surface area contributed by atoms with Crippen LogP contribution in [0.5, 0.6) is 0 Å². The van der Waals surface area contributed by atoms with Gasteiger partial charge in [0.25, 0.3) is 0 Å². The molecule has 0 saturated heterocycles. The van der Waals surface area contributed by atoms with Crippen LogP contribution in [-0.2, 0) is 13.0 Å². The highest BCUT2D eigenvalue weighted by molar-refractivity contribution is 5.79. The summed E-state index contributed by atoms with van der Waals surface area (Å²) < 4.78 is 13.0. The van der Waals surface area contributed by atoms with Crippen molar-refractivity contribution in [1.29, 1.82) is 0 Å². The van der Waals surface area contributed by atoms with Gasteiger partial charge in [-0.2, -0.15) is 0 Å². The highest BCUT2D eigenvalue weighted by atomic mass is 19.1. The Kier molecular flexibility index (Phi) is 6.54. The minimum Gasteiger partial charge on any atom is -0.357 e. The van der Waals surface area contributed by atoms with Crippen LogP contribution in [0.4, 0.5) is 4.39 Å². The minimum absolute atomic E-state index is 0.215. The van der Waals surface area contributed by atoms with Gasteiger partial charge in [0.15, 0.2) is 5.96 Å². The lowest BCUT2D eigenvalue weighted by molar-refractivity contribution is 0.476. The van der Waals surface area contributed by atoms with Crippen molar-refractivity contribution in [2.45, 2.75) is 19.9 Å². The van der Waals surface area contributed by atoms with Crippen LogP contribution in [0.2, 0.25) is 0 Å². The zero-order valence-electron chi connectivity index (χ0n) is 13.7. The van der Waals surface area contributed by atoms with Crippen molar-refractivity contribution >= 4 is 5.96 Å². The second-order valence-electron chi connectivity index (χ2n) is 5.29. The van der Waals surface area contributed by atoms with E-state index in [1.165, 1.54) is 12.1 Å². The van der Waals surface area contributed by atoms with E-state index in [1.807, 2.05) is 37.1 Å². The fraction of sp³-hybridized carbons (Fsp3) is 0.333. The van der Waals surface area contributed by atoms with E-state index in [2.05, 4.69) is 15.3 Å². The molecule has 0 aliphatic rings. The van der Waals surface area contributed by atoms with Gasteiger partial charge in [-0.25, -0.2) is 4.39 Å². The molecule has 0 fully saturated rings. The normalized spacial score (nSPS) is 11.3. The predicted molar refractivity (Wildman–Crippen MR) is 91.8 cm³/mol. The molecule has 1 heterocycles. The van der Waals surface area contributed by atoms with Crippen LogP contribution < -0.4 is 5.32 Å². The molecule has 122 valence electrons. The summed E-state index contributed by atoms with van der Waals surface area (Å²) in [5.41, 5.74) is 2.08. The summed E-state index contributed by atoms with van der Waals surface area (Å²) >= 11 is 0. The van der Waals surface area contributed by atoms with Crippen LogP contribution in [0.15, 0.2) is 53.7 Å². The Morgan fingerprint density at radius 1 is 1.22 bits per heavy atom. The number of aliphatic imine (C=N–C) groups is 1. The van der Waals surface area contributed by atoms with Gasteiger partial charge in [0, 0.05) is 45.0 Å². The fourth-order valence-corrected chi connectivity index (χ4v) is 2.23. The highest BCUT2D eigenvalue weighted by Crippen LogP contribution is 2.06. The Hall–Kier alpha value is -2.43. The molecule has 23 heavy (non-hydrogen) atoms. The van der Waals surface area contributed by atoms with Crippen molar-refractivity contribution in [3.05, 3.63) is 65.7 Å². The number of hydrogen-bond donors (Lipinski definition) is 1. The lowest BCUT2D eigenvalue weighted by Crippen LogP contribution is -2.38. The number of halogens is 1. The van der Waals surface area contributed by atoms with E-state index < -0.39 is 0 Å². The first-order valence-electron chi connectivity index (χ1n) is 7.83. The molecule has 2 aromatic rings. The average Bonchev–Trinajstić information content (AvgIpc) is 2.57. The number of rotatable bonds is 6. The topological polar surface area (TPSA) is 40.5 Å². The van der Waals surface area contributed by atoms with Crippen LogP contribution >= 0.6 is 0 Å². The van der Waals surface area contributed by atoms with E-state index in [1.54, 1.807) is 18.3 Å². The van der Waals surface area contributed by atoms with Crippen molar-refractivity contribution in [1.82, 2.24) is 15.2 Å². The van der Waals surface area contributed by atoms with E-state index in [9.17, 15) is 4.39 Å². The summed E-state index contributed by atoms with van der Waals surface area (Å²) in [5.74, 6) is 0.625. The standard InChI is InChI=1S/C18H23FN4/c1-3-20-18(22-13-11-17-6-4-5-12-21-17)23(2)14-15-7-9-16(19)10-8-15/h4-10,12H,3,11,13-14H2,1-2H3,(H,20,22). The Morgan fingerprint density at radius 3 is 2.65 bits per heavy atom. The third-order valence-corrected chi connectivity index (χ3v) is 3.39. The van der Waals surface area contributed by atoms with Crippen LogP contribution in [0.25, 0.3) is 0 Å². The highest BCUT2D eigenvalue weighted by Gasteiger charge is 2.06. The SMILES string of the molecule is CCNC(=NCCc1ccccn1)N(C)Cc1ccc(F)cc1. The molecule has 0 saturated carbocycles. The van der Waals surface area contributed by atoms with E-state index >= 15 is 0 Å². The van der Waals surface area contributed by atoms with Crippen LogP contribution in [0.3, 0.4) is 0 Å². The summed E-state index contributed by atoms with van der Waals surface area (Å²) in [6, 6.07) is 12.4. The molecule has 5 heteroatoms. The summed E-state index contributed by atoms with van der Waals surface area (Å²) in [4.78, 5) is 11.0. The maximum atomic E-state index is 13.0. The maximum absolute atomic E-state index is 13.0. The number of pyridine rings is 1. The van der Waals surface area contributed by atoms with E-state index in [4.69, 9.17) is 0 Å². The summed E-state index contributed by atoms with van der Waals surface area (Å²) in [5, 5.41) is 3.28. The van der Waals surface area contributed by atoms with Gasteiger partial charge in [-0.1, -0.05) is 18.2 Å². The largest absolute Gasteiger partial charge is 0.357 e. The van der Waals surface area contributed by atoms with Gasteiger partial charge in [-0.05, 0) is 36.8 Å². The lowest BCUT2D eigenvalue weighted by Gasteiger charge is -2.22. The Bertz CT molecular complexity index is 611. The number of hydrogen-bond acceptors (Lipinski definition) is 2. The van der Waals surface area contributed by atoms with Gasteiger partial charge < -0.3 is 10.2 Å². The van der Waals surface area contributed by atoms with Gasteiger partial charge in [-0.15, -0.1) is 0 Å². The van der Waals surface area contributed by atoms with Crippen molar-refractivity contribution in [2.75, 3.05) is 20.1 Å². The molecule has 0 aliphatic carbocycles. The van der Waals surface area contributed by atoms with E-state index in [-0.39, 0.29) is 5.82 Å². The Balaban J connectivity index is 1.95. The van der Waals surface area contributed by atoms with Gasteiger partial charge in [0.2, 0.25) is 0 Å². The molecule has 4 nitrogen and oxygen atoms in total. The Labute approximate surface area is 137 Å². The molecule has 0 spiro atoms. The van der Waals surface area contributed by atoms with Gasteiger partial charge in [-0.3, -0.25) is 9.98 Å². The molecule has 0 radical (unpaired) electrons. The number of nitrogens with one attached hydrogen (secondary N) is 1. The monoisotopic (exact) mass is 314 g/mol. The predicted octanol–water partition coefficient (Wildman–Crippen LogP) is 2.86. The molecule has 0 aliphatic heterocycles. The molecular weight excluding hydrogens is 291 g/mol. The molecule has 2 rings (SSSR count). The van der Waals surface area contributed by atoms with Gasteiger partial charge in [0.1, 0.15) is 5.82 Å². The number of aromatic nitrogens is 1. The molecule has 0 amide bonds. The van der Waals surface area contributed by atoms with Crippen molar-refractivity contribution in [2.24, 2.45) is 4.99 Å². The van der Waals surface area contributed by atoms with Crippen LogP contribution in [0, 0.1) is 5.82 Å². The quantitative estimate of drug-likeness (QED) is 0.658. The van der Waals surface area contributed by atoms with E-state index in [0.29, 0.717) is 13.1 Å². The number of nitrogens with zero attached hydrogens (tertiary/aromatic N) is 3. The number of benzene rings is 1. The van der Waals surface area contributed by atoms with Crippen molar-refractivity contribution in [3.63, 3.8) is 0 Å². The lowest BCUT2D eigenvalue weighted by atomic mass is 10.2. The first-order chi connectivity index (χ1) is 11.2. The first kappa shape index (κ1) is 16.9. The summed E-state index contributed by atoms with van der Waals surface area (Å²) in [6.45, 7) is 4.19. The molecule has 1 aromatic carbocycles. The third kappa shape index (κ3) is 5.70. The second-order valence-corrected chi connectivity index (χ2v) is 5.29. The molecule has 1 N–H and O–H groups in total. The van der Waals surface area contributed by atoms with Gasteiger partial charge in [0.05, 0.1) is 0 Å². The van der Waals surface area contributed by atoms with Crippen molar-refractivity contribution < 1.29 is 4.39 Å². The summed E-state index contributed by atoms with van der Waals surface area (Å²) in [6.07, 6.45) is 2.60. The van der Waals surface area contributed by atoms with E-state index in [0.717, 1.165) is 30.2 Å². The Morgan fingerprint density at radius 2 is 2.00 bits per heavy atom. The summed E-state index contributed by atoms with van der Waals surface area (Å²) in [7, 11) is 1.98. The smallest absolute Gasteiger partial charge is 0.193 e. The zero-order valence-corrected chi connectivity index (χ0v) is 13.7. The third-order valence-electron chi connectivity index (χ3n) is 3.39. The maximum Gasteiger partial charge on any atom is 0.193 e. The molecular formula is C18H23FN4. The number of guanidine groups is 1. The fourth-order valence-electron chi connectivity index (χ4n) is 2.23. The molecule has 0 atom stereocenters. The minimum atomic E-state index is -0.215. The second kappa shape index (κ2) is 8.88. The molecule has 1 aromatic heterocycles. The first-order valence-corrected chi connectivity index (χ1v) is 7.83. The van der Waals surface area contributed by atoms with Gasteiger partial charge >= 0.3 is 0 Å². The zero-order chi connectivity index (χ0) is 16.5.